The third kappa shape index (κ3) is 2.21. The van der Waals surface area contributed by atoms with Gasteiger partial charge in [-0.1, -0.05) is 48.5 Å². The fraction of sp³-hybridized carbons (Fsp3) is 0.167. The molecule has 0 aromatic heterocycles. The molecule has 7 rings (SSSR count). The van der Waals surface area contributed by atoms with Gasteiger partial charge in [0.1, 0.15) is 21.2 Å². The molecule has 0 unspecified atom stereocenters. The Kier molecular flexibility index (Phi) is 3.88. The van der Waals surface area contributed by atoms with E-state index in [0.717, 1.165) is 23.1 Å². The lowest BCUT2D eigenvalue weighted by Crippen LogP contribution is -2.57. The molecule has 3 aliphatic carbocycles. The highest BCUT2D eigenvalue weighted by molar-refractivity contribution is 6.38. The quantitative estimate of drug-likeness (QED) is 0.253. The Balaban J connectivity index is 1.64. The molecule has 1 N–H and O–H groups in total. The molecule has 3 aromatic rings. The lowest BCUT2D eigenvalue weighted by Gasteiger charge is -2.54. The molecule has 164 valence electrons. The highest BCUT2D eigenvalue weighted by Gasteiger charge is 2.73. The fourth-order valence-corrected chi connectivity index (χ4v) is 6.81. The first-order valence-corrected chi connectivity index (χ1v) is 10.9. The Morgan fingerprint density at radius 3 is 1.64 bits per heavy atom. The maximum Gasteiger partial charge on any atom is 0.271 e. The molecule has 2 atom stereocenters. The van der Waals surface area contributed by atoms with Crippen LogP contribution in [0.5, 0.6) is 5.75 Å². The van der Waals surface area contributed by atoms with Gasteiger partial charge in [-0.3, -0.25) is 19.7 Å². The first kappa shape index (κ1) is 20.2. The first-order chi connectivity index (χ1) is 15.7. The van der Waals surface area contributed by atoms with Crippen LogP contribution in [0.15, 0.2) is 66.7 Å². The van der Waals surface area contributed by atoms with Crippen molar-refractivity contribution in [1.29, 1.82) is 0 Å². The van der Waals surface area contributed by atoms with Crippen molar-refractivity contribution in [2.45, 2.75) is 9.75 Å². The lowest BCUT2D eigenvalue weighted by atomic mass is 9.54. The number of nitro groups is 1. The van der Waals surface area contributed by atoms with Gasteiger partial charge in [-0.15, -0.1) is 23.2 Å². The number of carbonyl (C=O) groups excluding carboxylic acids is 2. The second kappa shape index (κ2) is 6.34. The standard InChI is InChI=1S/C24H14Cl2N2O5/c25-23-13-5-1-2-6-14(13)24(26,16-8-4-3-7-15(16)23)20-19(23)21(30)27(22(20)31)17-11-12(28(32)33)9-10-18(17)29/h1-11,19-20,29H/t19-,20+,23?,24?. The second-order valence-electron chi connectivity index (χ2n) is 8.41. The van der Waals surface area contributed by atoms with Crippen LogP contribution < -0.4 is 4.90 Å². The number of phenols is 1. The minimum atomic E-state index is -1.37. The third-order valence-corrected chi connectivity index (χ3v) is 8.28. The van der Waals surface area contributed by atoms with E-state index in [0.29, 0.717) is 22.3 Å². The molecule has 1 heterocycles. The SMILES string of the molecule is O=C1[C@@H]2[C@H](C(=O)N1c1cc([N+](=O)[O-])ccc1O)C1(Cl)c3ccccc3C2(Cl)c2ccccc21. The number of imide groups is 1. The van der Waals surface area contributed by atoms with Gasteiger partial charge in [0.15, 0.2) is 0 Å². The van der Waals surface area contributed by atoms with Crippen molar-refractivity contribution in [3.05, 3.63) is 99.1 Å². The van der Waals surface area contributed by atoms with Gasteiger partial charge in [-0.05, 0) is 28.3 Å². The van der Waals surface area contributed by atoms with Gasteiger partial charge in [0.25, 0.3) is 5.69 Å². The molecule has 1 saturated heterocycles. The van der Waals surface area contributed by atoms with Crippen LogP contribution in [0.4, 0.5) is 11.4 Å². The Morgan fingerprint density at radius 2 is 1.24 bits per heavy atom. The van der Waals surface area contributed by atoms with Crippen molar-refractivity contribution in [3.8, 4) is 5.75 Å². The Bertz CT molecular complexity index is 1300. The zero-order valence-electron chi connectivity index (χ0n) is 16.7. The van der Waals surface area contributed by atoms with E-state index in [1.165, 1.54) is 0 Å². The maximum absolute atomic E-state index is 13.8. The van der Waals surface area contributed by atoms with E-state index in [1.54, 1.807) is 48.5 Å². The summed E-state index contributed by atoms with van der Waals surface area (Å²) in [5.41, 5.74) is 1.96. The number of phenolic OH excluding ortho intramolecular Hbond substituents is 1. The largest absolute Gasteiger partial charge is 0.506 e. The van der Waals surface area contributed by atoms with Crippen molar-refractivity contribution in [2.75, 3.05) is 4.90 Å². The predicted octanol–water partition coefficient (Wildman–Crippen LogP) is 4.40. The molecule has 0 saturated carbocycles. The van der Waals surface area contributed by atoms with Crippen molar-refractivity contribution in [3.63, 3.8) is 0 Å². The van der Waals surface area contributed by atoms with E-state index in [9.17, 15) is 24.8 Å². The van der Waals surface area contributed by atoms with Gasteiger partial charge in [-0.25, -0.2) is 4.90 Å². The van der Waals surface area contributed by atoms with Gasteiger partial charge in [-0.2, -0.15) is 0 Å². The summed E-state index contributed by atoms with van der Waals surface area (Å²) < 4.78 is 0. The minimum Gasteiger partial charge on any atom is -0.506 e. The summed E-state index contributed by atoms with van der Waals surface area (Å²) >= 11 is 14.7. The molecule has 3 aromatic carbocycles. The van der Waals surface area contributed by atoms with Crippen molar-refractivity contribution in [1.82, 2.24) is 0 Å². The number of benzene rings is 3. The molecule has 2 bridgehead atoms. The van der Waals surface area contributed by atoms with E-state index in [4.69, 9.17) is 23.2 Å². The van der Waals surface area contributed by atoms with Crippen LogP contribution in [-0.2, 0) is 19.3 Å². The molecule has 7 nitrogen and oxygen atoms in total. The molecule has 4 aliphatic rings. The van der Waals surface area contributed by atoms with E-state index in [2.05, 4.69) is 0 Å². The summed E-state index contributed by atoms with van der Waals surface area (Å²) in [7, 11) is 0. The topological polar surface area (TPSA) is 101 Å². The van der Waals surface area contributed by atoms with Gasteiger partial charge in [0.2, 0.25) is 11.8 Å². The summed E-state index contributed by atoms with van der Waals surface area (Å²) in [5, 5.41) is 21.7. The number of nitrogens with zero attached hydrogens (tertiary/aromatic N) is 2. The Morgan fingerprint density at radius 1 is 0.818 bits per heavy atom. The number of hydrogen-bond donors (Lipinski definition) is 1. The number of halogens is 2. The van der Waals surface area contributed by atoms with Gasteiger partial charge >= 0.3 is 0 Å². The van der Waals surface area contributed by atoms with Gasteiger partial charge < -0.3 is 5.11 Å². The van der Waals surface area contributed by atoms with Gasteiger partial charge in [0.05, 0.1) is 16.8 Å². The molecule has 0 spiro atoms. The maximum atomic E-state index is 13.8. The summed E-state index contributed by atoms with van der Waals surface area (Å²) in [6.45, 7) is 0. The zero-order chi connectivity index (χ0) is 23.3. The van der Waals surface area contributed by atoms with Crippen molar-refractivity contribution >= 4 is 46.4 Å². The van der Waals surface area contributed by atoms with Crippen LogP contribution in [0.25, 0.3) is 0 Å². The van der Waals surface area contributed by atoms with Crippen LogP contribution in [0.1, 0.15) is 22.3 Å². The van der Waals surface area contributed by atoms with Crippen LogP contribution >= 0.6 is 23.2 Å². The van der Waals surface area contributed by atoms with E-state index in [-0.39, 0.29) is 11.4 Å². The number of alkyl halides is 2. The molecule has 9 heteroatoms. The summed E-state index contributed by atoms with van der Waals surface area (Å²) in [5.74, 6) is -3.88. The van der Waals surface area contributed by atoms with E-state index in [1.807, 2.05) is 0 Å². The number of anilines is 1. The number of amides is 2. The average molecular weight is 481 g/mol. The molecular formula is C24H14Cl2N2O5. The zero-order valence-corrected chi connectivity index (χ0v) is 18.2. The van der Waals surface area contributed by atoms with Crippen LogP contribution in [0.3, 0.4) is 0 Å². The fourth-order valence-electron chi connectivity index (χ4n) is 5.71. The monoisotopic (exact) mass is 480 g/mol. The Labute approximate surface area is 197 Å². The highest BCUT2D eigenvalue weighted by atomic mass is 35.5. The average Bonchev–Trinajstić information content (AvgIpc) is 3.09. The highest BCUT2D eigenvalue weighted by Crippen LogP contribution is 2.69. The third-order valence-electron chi connectivity index (χ3n) is 7.00. The predicted molar refractivity (Wildman–Crippen MR) is 120 cm³/mol. The summed E-state index contributed by atoms with van der Waals surface area (Å²) in [6.07, 6.45) is 0. The van der Waals surface area contributed by atoms with Crippen molar-refractivity contribution < 1.29 is 19.6 Å². The van der Waals surface area contributed by atoms with Crippen LogP contribution in [0.2, 0.25) is 0 Å². The lowest BCUT2D eigenvalue weighted by molar-refractivity contribution is -0.384. The number of hydrogen-bond acceptors (Lipinski definition) is 5. The smallest absolute Gasteiger partial charge is 0.271 e. The number of nitro benzene ring substituents is 1. The van der Waals surface area contributed by atoms with Crippen LogP contribution in [-0.4, -0.2) is 21.8 Å². The summed E-state index contributed by atoms with van der Waals surface area (Å²) in [6, 6.07) is 17.6. The van der Waals surface area contributed by atoms with E-state index < -0.39 is 44.1 Å². The first-order valence-electron chi connectivity index (χ1n) is 10.2. The summed E-state index contributed by atoms with van der Waals surface area (Å²) in [4.78, 5) is 36.3. The number of non-ortho nitro benzene ring substituents is 1. The molecular weight excluding hydrogens is 467 g/mol. The molecule has 33 heavy (non-hydrogen) atoms. The molecule has 1 aliphatic heterocycles. The van der Waals surface area contributed by atoms with E-state index >= 15 is 0 Å². The Hall–Kier alpha value is -3.42. The molecule has 1 fully saturated rings. The second-order valence-corrected chi connectivity index (χ2v) is 9.60. The number of rotatable bonds is 2. The van der Waals surface area contributed by atoms with Crippen molar-refractivity contribution in [2.24, 2.45) is 11.8 Å². The molecule has 2 amide bonds. The molecule has 0 radical (unpaired) electrons. The van der Waals surface area contributed by atoms with Crippen LogP contribution in [0, 0.1) is 22.0 Å². The minimum absolute atomic E-state index is 0.262. The number of carbonyl (C=O) groups is 2. The normalized spacial score (nSPS) is 29.0. The van der Waals surface area contributed by atoms with Gasteiger partial charge in [0, 0.05) is 12.1 Å². The number of aromatic hydroxyl groups is 1.